The summed E-state index contributed by atoms with van der Waals surface area (Å²) in [5, 5.41) is 14.6. The lowest BCUT2D eigenvalue weighted by Crippen LogP contribution is -2.54. The van der Waals surface area contributed by atoms with Gasteiger partial charge in [0.05, 0.1) is 12.0 Å². The molecule has 0 aliphatic carbocycles. The van der Waals surface area contributed by atoms with Gasteiger partial charge in [-0.05, 0) is 37.0 Å². The summed E-state index contributed by atoms with van der Waals surface area (Å²) in [5.41, 5.74) is 0.842. The number of carbonyl (C=O) groups excluding carboxylic acids is 2. The molecule has 0 saturated carbocycles. The van der Waals surface area contributed by atoms with Gasteiger partial charge in [0.1, 0.15) is 11.3 Å². The van der Waals surface area contributed by atoms with Crippen LogP contribution >= 0.6 is 0 Å². The highest BCUT2D eigenvalue weighted by Crippen LogP contribution is 2.24. The van der Waals surface area contributed by atoms with Gasteiger partial charge in [0.15, 0.2) is 6.10 Å². The molecule has 0 aliphatic heterocycles. The zero-order valence-corrected chi connectivity index (χ0v) is 16.6. The van der Waals surface area contributed by atoms with Crippen LogP contribution in [-0.2, 0) is 16.0 Å². The second-order valence-corrected chi connectivity index (χ2v) is 6.95. The molecule has 1 heterocycles. The highest BCUT2D eigenvalue weighted by atomic mass is 16.5. The van der Waals surface area contributed by atoms with Crippen molar-refractivity contribution in [3.63, 3.8) is 0 Å². The van der Waals surface area contributed by atoms with Crippen molar-refractivity contribution in [1.82, 2.24) is 5.32 Å². The van der Waals surface area contributed by atoms with Crippen LogP contribution in [-0.4, -0.2) is 24.0 Å². The maximum atomic E-state index is 12.3. The van der Waals surface area contributed by atoms with E-state index in [1.165, 1.54) is 13.0 Å². The normalized spacial score (nSPS) is 14.3. The molecular formula is C21H26NO6-. The van der Waals surface area contributed by atoms with Crippen LogP contribution < -0.4 is 20.8 Å². The number of ether oxygens (including phenoxy) is 1. The van der Waals surface area contributed by atoms with E-state index in [2.05, 4.69) is 5.32 Å². The van der Waals surface area contributed by atoms with Gasteiger partial charge in [0.25, 0.3) is 5.91 Å². The standard InChI is InChI=1S/C21H27NO6/c1-5-7-14-10-18(23)28-17-11-15(8-9-16(14)17)27-13(4)20(24)22-19(21(25)26)12(3)6-2/h8-13,19H,5-7H2,1-4H3,(H,22,24)(H,25,26)/p-1/t12-,13-,19-/m0/s1. The monoisotopic (exact) mass is 388 g/mol. The molecule has 28 heavy (non-hydrogen) atoms. The molecule has 7 heteroatoms. The molecule has 1 aromatic carbocycles. The molecule has 1 aromatic heterocycles. The SMILES string of the molecule is CCCc1cc(=O)oc2cc(O[C@@H](C)C(=O)N[C@H](C(=O)[O-])[C@@H](C)CC)ccc12. The predicted octanol–water partition coefficient (Wildman–Crippen LogP) is 1.79. The van der Waals surface area contributed by atoms with E-state index >= 15 is 0 Å². The third-order valence-corrected chi connectivity index (χ3v) is 4.77. The fraction of sp³-hybridized carbons (Fsp3) is 0.476. The van der Waals surface area contributed by atoms with Crippen molar-refractivity contribution in [2.75, 3.05) is 0 Å². The lowest BCUT2D eigenvalue weighted by Gasteiger charge is -2.26. The van der Waals surface area contributed by atoms with Crippen molar-refractivity contribution in [3.8, 4) is 5.75 Å². The highest BCUT2D eigenvalue weighted by molar-refractivity contribution is 5.86. The summed E-state index contributed by atoms with van der Waals surface area (Å²) >= 11 is 0. The number of benzene rings is 1. The number of fused-ring (bicyclic) bond motifs is 1. The van der Waals surface area contributed by atoms with E-state index in [1.54, 1.807) is 25.1 Å². The van der Waals surface area contributed by atoms with Gasteiger partial charge in [-0.2, -0.15) is 0 Å². The van der Waals surface area contributed by atoms with Crippen LogP contribution in [0.1, 0.15) is 46.1 Å². The minimum Gasteiger partial charge on any atom is -0.548 e. The van der Waals surface area contributed by atoms with E-state index in [4.69, 9.17) is 9.15 Å². The minimum atomic E-state index is -1.33. The molecule has 3 atom stereocenters. The molecule has 0 fully saturated rings. The van der Waals surface area contributed by atoms with Crippen LogP contribution in [0.3, 0.4) is 0 Å². The van der Waals surface area contributed by atoms with Gasteiger partial charge in [-0.3, -0.25) is 4.79 Å². The molecule has 0 bridgehead atoms. The van der Waals surface area contributed by atoms with Crippen molar-refractivity contribution < 1.29 is 23.8 Å². The van der Waals surface area contributed by atoms with Crippen molar-refractivity contribution in [3.05, 3.63) is 40.2 Å². The summed E-state index contributed by atoms with van der Waals surface area (Å²) in [6.45, 7) is 7.11. The second kappa shape index (κ2) is 9.39. The van der Waals surface area contributed by atoms with E-state index in [9.17, 15) is 19.5 Å². The molecule has 2 aromatic rings. The van der Waals surface area contributed by atoms with E-state index < -0.39 is 29.6 Å². The van der Waals surface area contributed by atoms with Gasteiger partial charge < -0.3 is 24.4 Å². The van der Waals surface area contributed by atoms with Crippen LogP contribution in [0.4, 0.5) is 0 Å². The molecule has 0 radical (unpaired) electrons. The first-order chi connectivity index (χ1) is 13.3. The van der Waals surface area contributed by atoms with Gasteiger partial charge in [-0.1, -0.05) is 33.6 Å². The molecule has 1 amide bonds. The number of aryl methyl sites for hydroxylation is 1. The van der Waals surface area contributed by atoms with E-state index in [0.717, 1.165) is 23.8 Å². The van der Waals surface area contributed by atoms with Gasteiger partial charge in [-0.25, -0.2) is 4.79 Å². The summed E-state index contributed by atoms with van der Waals surface area (Å²) in [6.07, 6.45) is 1.29. The number of carbonyl (C=O) groups is 2. The maximum absolute atomic E-state index is 12.3. The number of hydrogen-bond donors (Lipinski definition) is 1. The second-order valence-electron chi connectivity index (χ2n) is 6.95. The zero-order chi connectivity index (χ0) is 20.8. The number of amides is 1. The van der Waals surface area contributed by atoms with Crippen molar-refractivity contribution in [2.45, 2.75) is 59.1 Å². The average Bonchev–Trinajstić information content (AvgIpc) is 2.64. The number of aliphatic carboxylic acids is 1. The molecule has 0 unspecified atom stereocenters. The Morgan fingerprint density at radius 3 is 2.54 bits per heavy atom. The summed E-state index contributed by atoms with van der Waals surface area (Å²) in [6, 6.07) is 5.43. The Hall–Kier alpha value is -2.83. The molecule has 0 aliphatic rings. The summed E-state index contributed by atoms with van der Waals surface area (Å²) in [5.74, 6) is -1.81. The fourth-order valence-corrected chi connectivity index (χ4v) is 2.96. The summed E-state index contributed by atoms with van der Waals surface area (Å²) < 4.78 is 10.9. The predicted molar refractivity (Wildman–Crippen MR) is 103 cm³/mol. The average molecular weight is 388 g/mol. The Labute approximate surface area is 163 Å². The van der Waals surface area contributed by atoms with Crippen molar-refractivity contribution in [2.24, 2.45) is 5.92 Å². The van der Waals surface area contributed by atoms with Crippen LogP contribution in [0.15, 0.2) is 33.5 Å². The highest BCUT2D eigenvalue weighted by Gasteiger charge is 2.23. The molecule has 0 spiro atoms. The van der Waals surface area contributed by atoms with Gasteiger partial charge in [-0.15, -0.1) is 0 Å². The number of rotatable bonds is 9. The first-order valence-electron chi connectivity index (χ1n) is 9.51. The first kappa shape index (κ1) is 21.5. The lowest BCUT2D eigenvalue weighted by molar-refractivity contribution is -0.309. The Balaban J connectivity index is 2.18. The number of carboxylic acid groups (broad SMARTS) is 1. The van der Waals surface area contributed by atoms with E-state index in [1.807, 2.05) is 13.8 Å². The van der Waals surface area contributed by atoms with Gasteiger partial charge in [0.2, 0.25) is 0 Å². The van der Waals surface area contributed by atoms with E-state index in [0.29, 0.717) is 17.8 Å². The quantitative estimate of drug-likeness (QED) is 0.656. The topological polar surface area (TPSA) is 109 Å². The van der Waals surface area contributed by atoms with Crippen molar-refractivity contribution in [1.29, 1.82) is 0 Å². The molecule has 2 rings (SSSR count). The van der Waals surface area contributed by atoms with Gasteiger partial charge >= 0.3 is 5.63 Å². The maximum Gasteiger partial charge on any atom is 0.336 e. The minimum absolute atomic E-state index is 0.270. The first-order valence-corrected chi connectivity index (χ1v) is 9.51. The molecular weight excluding hydrogens is 362 g/mol. The Kier molecular flexibility index (Phi) is 7.20. The van der Waals surface area contributed by atoms with Crippen LogP contribution in [0.5, 0.6) is 5.75 Å². The number of nitrogens with one attached hydrogen (secondary N) is 1. The smallest absolute Gasteiger partial charge is 0.336 e. The molecule has 0 saturated heterocycles. The van der Waals surface area contributed by atoms with Crippen LogP contribution in [0, 0.1) is 5.92 Å². The van der Waals surface area contributed by atoms with Crippen molar-refractivity contribution >= 4 is 22.8 Å². The van der Waals surface area contributed by atoms with Gasteiger partial charge in [0, 0.05) is 17.5 Å². The zero-order valence-electron chi connectivity index (χ0n) is 16.6. The third-order valence-electron chi connectivity index (χ3n) is 4.77. The number of hydrogen-bond acceptors (Lipinski definition) is 6. The van der Waals surface area contributed by atoms with Crippen LogP contribution in [0.25, 0.3) is 11.0 Å². The fourth-order valence-electron chi connectivity index (χ4n) is 2.96. The molecule has 7 nitrogen and oxygen atoms in total. The Morgan fingerprint density at radius 1 is 1.21 bits per heavy atom. The summed E-state index contributed by atoms with van der Waals surface area (Å²) in [4.78, 5) is 35.4. The van der Waals surface area contributed by atoms with E-state index in [-0.39, 0.29) is 5.92 Å². The van der Waals surface area contributed by atoms with Crippen LogP contribution in [0.2, 0.25) is 0 Å². The lowest BCUT2D eigenvalue weighted by atomic mass is 9.99. The number of carboxylic acids is 1. The summed E-state index contributed by atoms with van der Waals surface area (Å²) in [7, 11) is 0. The Morgan fingerprint density at radius 2 is 1.93 bits per heavy atom. The molecule has 152 valence electrons. The molecule has 1 N–H and O–H groups in total. The largest absolute Gasteiger partial charge is 0.548 e. The third kappa shape index (κ3) is 5.12. The Bertz CT molecular complexity index is 903.